The Morgan fingerprint density at radius 2 is 1.57 bits per heavy atom. The fourth-order valence-corrected chi connectivity index (χ4v) is 5.07. The lowest BCUT2D eigenvalue weighted by Crippen LogP contribution is -2.18. The Labute approximate surface area is 223 Å². The Kier molecular flexibility index (Phi) is 7.68. The van der Waals surface area contributed by atoms with Crippen molar-refractivity contribution in [2.75, 3.05) is 17.9 Å². The molecule has 0 spiro atoms. The number of hydrogen-bond donors (Lipinski definition) is 2. The van der Waals surface area contributed by atoms with E-state index < -0.39 is 28.0 Å². The van der Waals surface area contributed by atoms with Crippen molar-refractivity contribution in [3.05, 3.63) is 79.2 Å². The van der Waals surface area contributed by atoms with Crippen molar-refractivity contribution < 1.29 is 29.0 Å². The van der Waals surface area contributed by atoms with E-state index in [2.05, 4.69) is 5.32 Å². The van der Waals surface area contributed by atoms with Crippen LogP contribution in [0.15, 0.2) is 47.4 Å². The van der Waals surface area contributed by atoms with Crippen molar-refractivity contribution in [3.63, 3.8) is 0 Å². The number of carbonyl (C=O) groups is 3. The zero-order valence-corrected chi connectivity index (χ0v) is 21.2. The molecule has 1 aliphatic heterocycles. The number of carboxylic acid groups (broad SMARTS) is 1. The number of halogens is 4. The highest BCUT2D eigenvalue weighted by Gasteiger charge is 2.29. The maximum absolute atomic E-state index is 12.9. The monoisotopic (exact) mass is 571 g/mol. The summed E-state index contributed by atoms with van der Waals surface area (Å²) in [4.78, 5) is 37.9. The molecule has 0 radical (unpaired) electrons. The van der Waals surface area contributed by atoms with Crippen LogP contribution < -0.4 is 14.8 Å². The third kappa shape index (κ3) is 5.32. The number of ketones is 1. The van der Waals surface area contributed by atoms with Crippen molar-refractivity contribution in [3.8, 4) is 11.5 Å². The van der Waals surface area contributed by atoms with E-state index in [0.717, 1.165) is 0 Å². The number of nitrogens with one attached hydrogen (secondary N) is 1. The van der Waals surface area contributed by atoms with Crippen LogP contribution in [0.25, 0.3) is 0 Å². The summed E-state index contributed by atoms with van der Waals surface area (Å²) in [5.74, 6) is -1.21. The second-order valence-corrected chi connectivity index (χ2v) is 9.63. The van der Waals surface area contributed by atoms with Crippen LogP contribution in [0.2, 0.25) is 20.1 Å². The summed E-state index contributed by atoms with van der Waals surface area (Å²) in [7, 11) is 0. The first-order valence-corrected chi connectivity index (χ1v) is 12.2. The lowest BCUT2D eigenvalue weighted by molar-refractivity contribution is 0.0692. The van der Waals surface area contributed by atoms with E-state index in [0.29, 0.717) is 27.6 Å². The second kappa shape index (κ2) is 10.6. The number of Topliss-reactive ketones (excluding diaryl/α,β-unsaturated/α-hetero) is 1. The molecule has 0 bridgehead atoms. The number of fused-ring (bicyclic) bond motifs is 1. The Bertz CT molecular complexity index is 1380. The second-order valence-electron chi connectivity index (χ2n) is 7.07. The third-order valence-corrected chi connectivity index (χ3v) is 7.66. The minimum absolute atomic E-state index is 0.119. The summed E-state index contributed by atoms with van der Waals surface area (Å²) in [6.07, 6.45) is 0. The van der Waals surface area contributed by atoms with Gasteiger partial charge in [-0.15, -0.1) is 11.8 Å². The molecule has 0 saturated carbocycles. The van der Waals surface area contributed by atoms with Gasteiger partial charge in [0.1, 0.15) is 0 Å². The van der Waals surface area contributed by atoms with Crippen LogP contribution >= 0.6 is 58.2 Å². The minimum atomic E-state index is -1.49. The molecule has 0 fully saturated rings. The molecule has 0 aliphatic carbocycles. The van der Waals surface area contributed by atoms with Gasteiger partial charge in [-0.2, -0.15) is 0 Å². The largest absolute Gasteiger partial charge is 0.478 e. The quantitative estimate of drug-likeness (QED) is 0.137. The van der Waals surface area contributed by atoms with Gasteiger partial charge in [0, 0.05) is 16.1 Å². The molecular weight excluding hydrogens is 560 g/mol. The van der Waals surface area contributed by atoms with E-state index in [4.69, 9.17) is 55.9 Å². The molecule has 1 amide bonds. The molecule has 7 nitrogen and oxygen atoms in total. The van der Waals surface area contributed by atoms with Gasteiger partial charge in [0.2, 0.25) is 6.79 Å². The first kappa shape index (κ1) is 25.5. The molecule has 12 heteroatoms. The summed E-state index contributed by atoms with van der Waals surface area (Å²) < 4.78 is 10.6. The molecule has 1 aliphatic rings. The topological polar surface area (TPSA) is 102 Å². The Hall–Kier alpha value is -2.62. The third-order valence-electron chi connectivity index (χ3n) is 4.86. The van der Waals surface area contributed by atoms with E-state index in [9.17, 15) is 19.5 Å². The maximum Gasteiger partial charge on any atom is 0.338 e. The summed E-state index contributed by atoms with van der Waals surface area (Å²) in [6, 6.07) is 11.6. The van der Waals surface area contributed by atoms with Crippen LogP contribution in [-0.4, -0.2) is 35.3 Å². The number of benzene rings is 3. The number of aromatic carboxylic acids is 1. The average Bonchev–Trinajstić information content (AvgIpc) is 3.31. The smallest absolute Gasteiger partial charge is 0.338 e. The van der Waals surface area contributed by atoms with Crippen LogP contribution in [0.4, 0.5) is 5.69 Å². The van der Waals surface area contributed by atoms with Gasteiger partial charge >= 0.3 is 5.97 Å². The highest BCUT2D eigenvalue weighted by Crippen LogP contribution is 2.42. The van der Waals surface area contributed by atoms with Gasteiger partial charge in [-0.25, -0.2) is 4.79 Å². The Morgan fingerprint density at radius 1 is 0.886 bits per heavy atom. The number of amides is 1. The zero-order valence-electron chi connectivity index (χ0n) is 17.4. The summed E-state index contributed by atoms with van der Waals surface area (Å²) >= 11 is 25.4. The van der Waals surface area contributed by atoms with Gasteiger partial charge in [-0.1, -0.05) is 52.5 Å². The fraction of sp³-hybridized carbons (Fsp3) is 0.0870. The predicted octanol–water partition coefficient (Wildman–Crippen LogP) is 6.95. The minimum Gasteiger partial charge on any atom is -0.478 e. The van der Waals surface area contributed by atoms with Crippen molar-refractivity contribution in [1.29, 1.82) is 0 Å². The predicted molar refractivity (Wildman–Crippen MR) is 135 cm³/mol. The molecule has 0 saturated heterocycles. The number of anilines is 1. The van der Waals surface area contributed by atoms with Crippen LogP contribution in [0.1, 0.15) is 31.1 Å². The van der Waals surface area contributed by atoms with Crippen molar-refractivity contribution >= 4 is 81.5 Å². The van der Waals surface area contributed by atoms with Gasteiger partial charge in [0.25, 0.3) is 5.91 Å². The summed E-state index contributed by atoms with van der Waals surface area (Å²) in [5, 5.41) is 10.9. The van der Waals surface area contributed by atoms with Crippen LogP contribution in [0.5, 0.6) is 11.5 Å². The van der Waals surface area contributed by atoms with Crippen molar-refractivity contribution in [2.45, 2.75) is 4.90 Å². The normalized spacial score (nSPS) is 11.9. The van der Waals surface area contributed by atoms with Gasteiger partial charge in [-0.3, -0.25) is 9.59 Å². The number of hydrogen-bond acceptors (Lipinski definition) is 6. The van der Waals surface area contributed by atoms with E-state index in [1.807, 2.05) is 0 Å². The summed E-state index contributed by atoms with van der Waals surface area (Å²) in [6.45, 7) is 0.119. The highest BCUT2D eigenvalue weighted by molar-refractivity contribution is 8.00. The lowest BCUT2D eigenvalue weighted by atomic mass is 10.1. The van der Waals surface area contributed by atoms with Crippen molar-refractivity contribution in [1.82, 2.24) is 0 Å². The van der Waals surface area contributed by atoms with E-state index in [1.165, 1.54) is 11.8 Å². The Morgan fingerprint density at radius 3 is 2.29 bits per heavy atom. The van der Waals surface area contributed by atoms with E-state index in [-0.39, 0.29) is 33.4 Å². The SMILES string of the molecule is O=C(CSc1cccc(NC(=O)c2c(Cl)c(Cl)c(Cl)c(Cl)c2C(=O)O)c1)c1ccc2c(c1)OCO2. The van der Waals surface area contributed by atoms with E-state index >= 15 is 0 Å². The average molecular weight is 573 g/mol. The molecule has 180 valence electrons. The van der Waals surface area contributed by atoms with Gasteiger partial charge in [0.05, 0.1) is 37.0 Å². The highest BCUT2D eigenvalue weighted by atomic mass is 35.5. The molecule has 0 atom stereocenters. The molecule has 4 rings (SSSR count). The number of carbonyl (C=O) groups excluding carboxylic acids is 2. The van der Waals surface area contributed by atoms with Gasteiger partial charge in [-0.05, 0) is 36.4 Å². The molecule has 0 unspecified atom stereocenters. The first-order chi connectivity index (χ1) is 16.7. The van der Waals surface area contributed by atoms with Gasteiger partial charge < -0.3 is 19.9 Å². The molecule has 2 N–H and O–H groups in total. The fourth-order valence-electron chi connectivity index (χ4n) is 3.21. The van der Waals surface area contributed by atoms with Crippen LogP contribution in [0.3, 0.4) is 0 Å². The number of carboxylic acids is 1. The van der Waals surface area contributed by atoms with Crippen molar-refractivity contribution in [2.24, 2.45) is 0 Å². The maximum atomic E-state index is 12.9. The molecule has 3 aromatic carbocycles. The van der Waals surface area contributed by atoms with Gasteiger partial charge in [0.15, 0.2) is 17.3 Å². The van der Waals surface area contributed by atoms with Crippen LogP contribution in [0, 0.1) is 0 Å². The van der Waals surface area contributed by atoms with E-state index in [1.54, 1.807) is 42.5 Å². The molecule has 0 aromatic heterocycles. The molecule has 35 heavy (non-hydrogen) atoms. The summed E-state index contributed by atoms with van der Waals surface area (Å²) in [5.41, 5.74) is -0.165. The number of rotatable bonds is 7. The number of ether oxygens (including phenoxy) is 2. The van der Waals surface area contributed by atoms with Crippen LogP contribution in [-0.2, 0) is 0 Å². The molecular formula is C23H13Cl4NO6S. The lowest BCUT2D eigenvalue weighted by Gasteiger charge is -2.14. The number of thioether (sulfide) groups is 1. The Balaban J connectivity index is 1.50. The standard InChI is InChI=1S/C23H13Cl4NO6S/c24-18-16(17(23(31)32)19(25)21(27)20(18)26)22(30)28-11-2-1-3-12(7-11)35-8-13(29)10-4-5-14-15(6-10)34-9-33-14/h1-7H,8-9H2,(H,28,30)(H,31,32). The molecule has 1 heterocycles. The zero-order chi connectivity index (χ0) is 25.3. The first-order valence-electron chi connectivity index (χ1n) is 9.73. The molecule has 3 aromatic rings.